The summed E-state index contributed by atoms with van der Waals surface area (Å²) < 4.78 is 23.2. The zero-order chi connectivity index (χ0) is 13.9. The molecule has 1 aromatic carbocycles. The summed E-state index contributed by atoms with van der Waals surface area (Å²) in [6.45, 7) is 1.55. The van der Waals surface area contributed by atoms with E-state index in [1.165, 1.54) is 13.0 Å². The molecule has 100 valence electrons. The molecule has 0 aliphatic heterocycles. The van der Waals surface area contributed by atoms with Gasteiger partial charge >= 0.3 is 5.97 Å². The first-order chi connectivity index (χ1) is 8.23. The molecule has 0 spiro atoms. The summed E-state index contributed by atoms with van der Waals surface area (Å²) in [6, 6.07) is 3.78. The highest BCUT2D eigenvalue weighted by molar-refractivity contribution is 7.90. The van der Waals surface area contributed by atoms with Crippen LogP contribution in [-0.4, -0.2) is 31.8 Å². The highest BCUT2D eigenvalue weighted by Gasteiger charge is 2.17. The number of carboxylic acids is 1. The quantitative estimate of drug-likeness (QED) is 0.854. The summed E-state index contributed by atoms with van der Waals surface area (Å²) in [5, 5.41) is 11.7. The van der Waals surface area contributed by atoms with Crippen molar-refractivity contribution in [1.82, 2.24) is 5.32 Å². The third kappa shape index (κ3) is 3.69. The van der Waals surface area contributed by atoms with Gasteiger partial charge in [-0.2, -0.15) is 0 Å². The number of carbonyl (C=O) groups is 1. The van der Waals surface area contributed by atoms with Crippen LogP contribution in [0.1, 0.15) is 12.5 Å². The maximum Gasteiger partial charge on any atom is 0.320 e. The lowest BCUT2D eigenvalue weighted by atomic mass is 10.2. The fraction of sp³-hybridized carbons (Fsp3) is 0.364. The smallest absolute Gasteiger partial charge is 0.320 e. The molecule has 18 heavy (non-hydrogen) atoms. The highest BCUT2D eigenvalue weighted by atomic mass is 35.5. The molecule has 0 aliphatic rings. The molecule has 1 aromatic rings. The molecule has 1 rings (SSSR count). The molecule has 0 heterocycles. The van der Waals surface area contributed by atoms with E-state index in [0.717, 1.165) is 6.26 Å². The van der Waals surface area contributed by atoms with Gasteiger partial charge in [0.1, 0.15) is 6.04 Å². The first kappa shape index (κ1) is 14.9. The van der Waals surface area contributed by atoms with Crippen molar-refractivity contribution in [3.63, 3.8) is 0 Å². The number of aliphatic carboxylic acids is 1. The SMILES string of the molecule is C[C@H](NCc1c(Cl)cccc1S(C)(=O)=O)C(=O)O. The molecule has 2 N–H and O–H groups in total. The molecule has 0 saturated carbocycles. The largest absolute Gasteiger partial charge is 0.480 e. The third-order valence-electron chi connectivity index (χ3n) is 2.43. The summed E-state index contributed by atoms with van der Waals surface area (Å²) in [5.41, 5.74) is 0.384. The fourth-order valence-corrected chi connectivity index (χ4v) is 2.65. The number of halogens is 1. The predicted octanol–water partition coefficient (Wildman–Crippen LogP) is 1.31. The van der Waals surface area contributed by atoms with Crippen LogP contribution in [0.3, 0.4) is 0 Å². The molecule has 7 heteroatoms. The Kier molecular flexibility index (Phi) is 4.72. The van der Waals surface area contributed by atoms with Gasteiger partial charge in [-0.15, -0.1) is 0 Å². The number of hydrogen-bond acceptors (Lipinski definition) is 4. The molecule has 1 atom stereocenters. The second-order valence-electron chi connectivity index (χ2n) is 3.93. The summed E-state index contributed by atoms with van der Waals surface area (Å²) >= 11 is 5.95. The lowest BCUT2D eigenvalue weighted by molar-refractivity contribution is -0.139. The van der Waals surface area contributed by atoms with Gasteiger partial charge in [-0.3, -0.25) is 4.79 Å². The van der Waals surface area contributed by atoms with E-state index in [4.69, 9.17) is 16.7 Å². The van der Waals surface area contributed by atoms with Crippen LogP contribution in [0, 0.1) is 0 Å². The van der Waals surface area contributed by atoms with Gasteiger partial charge < -0.3 is 10.4 Å². The Hall–Kier alpha value is -1.11. The van der Waals surface area contributed by atoms with Crippen molar-refractivity contribution in [3.05, 3.63) is 28.8 Å². The second-order valence-corrected chi connectivity index (χ2v) is 6.32. The number of hydrogen-bond donors (Lipinski definition) is 2. The van der Waals surface area contributed by atoms with Gasteiger partial charge in [-0.25, -0.2) is 8.42 Å². The molecule has 0 aliphatic carbocycles. The van der Waals surface area contributed by atoms with Crippen LogP contribution in [0.15, 0.2) is 23.1 Å². The Labute approximate surface area is 111 Å². The van der Waals surface area contributed by atoms with Crippen LogP contribution in [0.2, 0.25) is 5.02 Å². The van der Waals surface area contributed by atoms with Crippen molar-refractivity contribution in [2.24, 2.45) is 0 Å². The van der Waals surface area contributed by atoms with Crippen molar-refractivity contribution in [3.8, 4) is 0 Å². The average Bonchev–Trinajstić information content (AvgIpc) is 2.25. The molecule has 0 amide bonds. The zero-order valence-corrected chi connectivity index (χ0v) is 11.5. The van der Waals surface area contributed by atoms with Crippen LogP contribution in [-0.2, 0) is 21.2 Å². The predicted molar refractivity (Wildman–Crippen MR) is 68.5 cm³/mol. The fourth-order valence-electron chi connectivity index (χ4n) is 1.40. The molecule has 0 saturated heterocycles. The minimum absolute atomic E-state index is 0.0789. The standard InChI is InChI=1S/C11H14ClNO4S/c1-7(11(14)15)13-6-8-9(12)4-3-5-10(8)18(2,16)17/h3-5,7,13H,6H2,1-2H3,(H,14,15)/t7-/m0/s1. The van der Waals surface area contributed by atoms with E-state index >= 15 is 0 Å². The van der Waals surface area contributed by atoms with E-state index in [9.17, 15) is 13.2 Å². The van der Waals surface area contributed by atoms with Gasteiger partial charge in [0.2, 0.25) is 0 Å². The van der Waals surface area contributed by atoms with E-state index in [2.05, 4.69) is 5.32 Å². The van der Waals surface area contributed by atoms with Gasteiger partial charge in [0.15, 0.2) is 9.84 Å². The van der Waals surface area contributed by atoms with Crippen LogP contribution in [0.4, 0.5) is 0 Å². The minimum atomic E-state index is -3.40. The van der Waals surface area contributed by atoms with Gasteiger partial charge in [-0.1, -0.05) is 17.7 Å². The lowest BCUT2D eigenvalue weighted by Crippen LogP contribution is -2.33. The van der Waals surface area contributed by atoms with E-state index in [0.29, 0.717) is 10.6 Å². The van der Waals surface area contributed by atoms with E-state index in [1.54, 1.807) is 12.1 Å². The van der Waals surface area contributed by atoms with Crippen molar-refractivity contribution in [2.45, 2.75) is 24.4 Å². The first-order valence-electron chi connectivity index (χ1n) is 5.17. The minimum Gasteiger partial charge on any atom is -0.480 e. The summed E-state index contributed by atoms with van der Waals surface area (Å²) in [6.07, 6.45) is 1.09. The van der Waals surface area contributed by atoms with Crippen molar-refractivity contribution >= 4 is 27.4 Å². The maximum absolute atomic E-state index is 11.6. The molecule has 0 radical (unpaired) electrons. The first-order valence-corrected chi connectivity index (χ1v) is 7.44. The number of rotatable bonds is 5. The lowest BCUT2D eigenvalue weighted by Gasteiger charge is -2.13. The highest BCUT2D eigenvalue weighted by Crippen LogP contribution is 2.23. The molecule has 0 unspecified atom stereocenters. The summed E-state index contributed by atoms with van der Waals surface area (Å²) in [7, 11) is -3.40. The van der Waals surface area contributed by atoms with Gasteiger partial charge in [0.05, 0.1) is 4.90 Å². The van der Waals surface area contributed by atoms with Gasteiger partial charge in [-0.05, 0) is 19.1 Å². The van der Waals surface area contributed by atoms with Gasteiger partial charge in [0, 0.05) is 23.4 Å². The zero-order valence-electron chi connectivity index (χ0n) is 9.97. The molecule has 0 fully saturated rings. The number of sulfone groups is 1. The Bertz CT molecular complexity index is 556. The Morgan fingerprint density at radius 1 is 1.50 bits per heavy atom. The summed E-state index contributed by atoms with van der Waals surface area (Å²) in [5.74, 6) is -1.01. The third-order valence-corrected chi connectivity index (χ3v) is 3.97. The van der Waals surface area contributed by atoms with Crippen molar-refractivity contribution < 1.29 is 18.3 Å². The van der Waals surface area contributed by atoms with Crippen LogP contribution >= 0.6 is 11.6 Å². The summed E-state index contributed by atoms with van der Waals surface area (Å²) in [4.78, 5) is 10.8. The van der Waals surface area contributed by atoms with Gasteiger partial charge in [0.25, 0.3) is 0 Å². The monoisotopic (exact) mass is 291 g/mol. The van der Waals surface area contributed by atoms with E-state index in [1.807, 2.05) is 0 Å². The molecular formula is C11H14ClNO4S. The Balaban J connectivity index is 3.05. The Morgan fingerprint density at radius 2 is 2.11 bits per heavy atom. The van der Waals surface area contributed by atoms with Crippen LogP contribution in [0.25, 0.3) is 0 Å². The second kappa shape index (κ2) is 5.69. The average molecular weight is 292 g/mol. The maximum atomic E-state index is 11.6. The molecular weight excluding hydrogens is 278 g/mol. The normalized spacial score (nSPS) is 13.3. The van der Waals surface area contributed by atoms with Crippen LogP contribution in [0.5, 0.6) is 0 Å². The van der Waals surface area contributed by atoms with E-state index in [-0.39, 0.29) is 11.4 Å². The molecule has 5 nitrogen and oxygen atoms in total. The number of benzene rings is 1. The van der Waals surface area contributed by atoms with Crippen LogP contribution < -0.4 is 5.32 Å². The number of carboxylic acid groups (broad SMARTS) is 1. The topological polar surface area (TPSA) is 83.5 Å². The van der Waals surface area contributed by atoms with Crippen molar-refractivity contribution in [2.75, 3.05) is 6.26 Å². The molecule has 0 bridgehead atoms. The molecule has 0 aromatic heterocycles. The van der Waals surface area contributed by atoms with E-state index < -0.39 is 21.8 Å². The number of nitrogens with one attached hydrogen (secondary N) is 1. The Morgan fingerprint density at radius 3 is 2.61 bits per heavy atom. The van der Waals surface area contributed by atoms with Crippen molar-refractivity contribution in [1.29, 1.82) is 0 Å².